The van der Waals surface area contributed by atoms with Crippen LogP contribution in [0, 0.1) is 11.6 Å². The first kappa shape index (κ1) is 12.5. The van der Waals surface area contributed by atoms with E-state index in [2.05, 4.69) is 24.1 Å². The molecular formula is C13H18F2N2. The largest absolute Gasteiger partial charge is 0.309 e. The van der Waals surface area contributed by atoms with Crippen molar-refractivity contribution in [3.05, 3.63) is 35.4 Å². The molecule has 2 rings (SSSR count). The van der Waals surface area contributed by atoms with Gasteiger partial charge in [-0.05, 0) is 31.5 Å². The monoisotopic (exact) mass is 240 g/mol. The van der Waals surface area contributed by atoms with Gasteiger partial charge in [-0.15, -0.1) is 0 Å². The summed E-state index contributed by atoms with van der Waals surface area (Å²) in [6, 6.07) is 4.54. The molecule has 1 heterocycles. The molecule has 0 amide bonds. The zero-order valence-corrected chi connectivity index (χ0v) is 10.2. The summed E-state index contributed by atoms with van der Waals surface area (Å²) in [4.78, 5) is 2.22. The van der Waals surface area contributed by atoms with Crippen LogP contribution in [-0.4, -0.2) is 30.1 Å². The molecular weight excluding hydrogens is 222 g/mol. The highest BCUT2D eigenvalue weighted by Gasteiger charge is 2.20. The maximum Gasteiger partial charge on any atom is 0.126 e. The molecule has 0 radical (unpaired) electrons. The number of piperazine rings is 1. The number of benzene rings is 1. The number of hydrogen-bond donors (Lipinski definition) is 1. The van der Waals surface area contributed by atoms with Crippen LogP contribution in [0.25, 0.3) is 0 Å². The van der Waals surface area contributed by atoms with Gasteiger partial charge < -0.3 is 5.32 Å². The standard InChI is InChI=1S/C13H18F2N2/c1-9-6-17(7-10(2)16-9)8-11-3-12(14)5-13(15)4-11/h3-5,9-10,16H,6-8H2,1-2H3. The third-order valence-corrected chi connectivity index (χ3v) is 2.96. The lowest BCUT2D eigenvalue weighted by atomic mass is 10.1. The van der Waals surface area contributed by atoms with Crippen LogP contribution in [0.5, 0.6) is 0 Å². The average molecular weight is 240 g/mol. The first-order chi connectivity index (χ1) is 8.02. The summed E-state index contributed by atoms with van der Waals surface area (Å²) >= 11 is 0. The topological polar surface area (TPSA) is 15.3 Å². The van der Waals surface area contributed by atoms with Gasteiger partial charge in [0.1, 0.15) is 11.6 Å². The Morgan fingerprint density at radius 3 is 2.18 bits per heavy atom. The average Bonchev–Trinajstić information content (AvgIpc) is 2.13. The summed E-state index contributed by atoms with van der Waals surface area (Å²) < 4.78 is 26.1. The summed E-state index contributed by atoms with van der Waals surface area (Å²) in [5, 5.41) is 3.43. The molecule has 0 bridgehead atoms. The molecule has 1 aromatic carbocycles. The number of rotatable bonds is 2. The van der Waals surface area contributed by atoms with Gasteiger partial charge >= 0.3 is 0 Å². The van der Waals surface area contributed by atoms with Gasteiger partial charge in [0.2, 0.25) is 0 Å². The Hall–Kier alpha value is -1.00. The second-order valence-electron chi connectivity index (χ2n) is 4.94. The lowest BCUT2D eigenvalue weighted by Gasteiger charge is -2.36. The van der Waals surface area contributed by atoms with Crippen molar-refractivity contribution in [1.82, 2.24) is 10.2 Å². The third-order valence-electron chi connectivity index (χ3n) is 2.96. The van der Waals surface area contributed by atoms with Crippen molar-refractivity contribution in [3.8, 4) is 0 Å². The van der Waals surface area contributed by atoms with Gasteiger partial charge in [-0.3, -0.25) is 4.90 Å². The Balaban J connectivity index is 2.04. The first-order valence-electron chi connectivity index (χ1n) is 5.96. The zero-order chi connectivity index (χ0) is 12.4. The van der Waals surface area contributed by atoms with Crippen LogP contribution >= 0.6 is 0 Å². The minimum Gasteiger partial charge on any atom is -0.309 e. The van der Waals surface area contributed by atoms with E-state index in [9.17, 15) is 8.78 Å². The van der Waals surface area contributed by atoms with Crippen molar-refractivity contribution in [2.75, 3.05) is 13.1 Å². The fourth-order valence-electron chi connectivity index (χ4n) is 2.53. The molecule has 2 atom stereocenters. The number of halogens is 2. The van der Waals surface area contributed by atoms with Crippen LogP contribution < -0.4 is 5.32 Å². The van der Waals surface area contributed by atoms with E-state index in [0.29, 0.717) is 24.2 Å². The molecule has 4 heteroatoms. The van der Waals surface area contributed by atoms with E-state index >= 15 is 0 Å². The number of hydrogen-bond acceptors (Lipinski definition) is 2. The fourth-order valence-corrected chi connectivity index (χ4v) is 2.53. The second kappa shape index (κ2) is 5.10. The SMILES string of the molecule is CC1CN(Cc2cc(F)cc(F)c2)CC(C)N1. The smallest absolute Gasteiger partial charge is 0.126 e. The predicted octanol–water partition coefficient (Wildman–Crippen LogP) is 2.15. The van der Waals surface area contributed by atoms with E-state index in [4.69, 9.17) is 0 Å². The summed E-state index contributed by atoms with van der Waals surface area (Å²) in [7, 11) is 0. The van der Waals surface area contributed by atoms with Crippen molar-refractivity contribution in [3.63, 3.8) is 0 Å². The molecule has 1 aromatic rings. The van der Waals surface area contributed by atoms with Crippen molar-refractivity contribution < 1.29 is 8.78 Å². The molecule has 0 saturated carbocycles. The highest BCUT2D eigenvalue weighted by Crippen LogP contribution is 2.13. The zero-order valence-electron chi connectivity index (χ0n) is 10.2. The van der Waals surface area contributed by atoms with Crippen LogP contribution in [0.4, 0.5) is 8.78 Å². The molecule has 2 nitrogen and oxygen atoms in total. The highest BCUT2D eigenvalue weighted by molar-refractivity contribution is 5.18. The second-order valence-corrected chi connectivity index (χ2v) is 4.94. The van der Waals surface area contributed by atoms with E-state index in [1.54, 1.807) is 0 Å². The van der Waals surface area contributed by atoms with Crippen molar-refractivity contribution >= 4 is 0 Å². The van der Waals surface area contributed by atoms with Gasteiger partial charge in [0, 0.05) is 37.8 Å². The van der Waals surface area contributed by atoms with Gasteiger partial charge in [0.05, 0.1) is 0 Å². The molecule has 1 fully saturated rings. The van der Waals surface area contributed by atoms with Gasteiger partial charge in [-0.2, -0.15) is 0 Å². The molecule has 0 spiro atoms. The quantitative estimate of drug-likeness (QED) is 0.852. The van der Waals surface area contributed by atoms with Crippen molar-refractivity contribution in [2.24, 2.45) is 0 Å². The Morgan fingerprint density at radius 1 is 1.12 bits per heavy atom. The molecule has 1 aliphatic rings. The molecule has 2 unspecified atom stereocenters. The van der Waals surface area contributed by atoms with Crippen molar-refractivity contribution in [1.29, 1.82) is 0 Å². The molecule has 0 aliphatic carbocycles. The van der Waals surface area contributed by atoms with E-state index in [-0.39, 0.29) is 0 Å². The number of nitrogens with zero attached hydrogens (tertiary/aromatic N) is 1. The van der Waals surface area contributed by atoms with E-state index < -0.39 is 11.6 Å². The summed E-state index contributed by atoms with van der Waals surface area (Å²) in [5.74, 6) is -1.01. The minimum absolute atomic E-state index is 0.414. The molecule has 17 heavy (non-hydrogen) atoms. The molecule has 1 saturated heterocycles. The van der Waals surface area contributed by atoms with Crippen LogP contribution in [0.2, 0.25) is 0 Å². The van der Waals surface area contributed by atoms with Crippen LogP contribution in [-0.2, 0) is 6.54 Å². The first-order valence-corrected chi connectivity index (χ1v) is 5.96. The van der Waals surface area contributed by atoms with E-state index in [0.717, 1.165) is 19.2 Å². The Labute approximate surface area is 101 Å². The summed E-state index contributed by atoms with van der Waals surface area (Å²) in [5.41, 5.74) is 0.698. The molecule has 1 N–H and O–H groups in total. The third kappa shape index (κ3) is 3.48. The molecule has 0 aromatic heterocycles. The van der Waals surface area contributed by atoms with Crippen LogP contribution in [0.1, 0.15) is 19.4 Å². The van der Waals surface area contributed by atoms with Gasteiger partial charge in [0.25, 0.3) is 0 Å². The van der Waals surface area contributed by atoms with Crippen LogP contribution in [0.15, 0.2) is 18.2 Å². The normalized spacial score (nSPS) is 26.1. The van der Waals surface area contributed by atoms with Gasteiger partial charge in [0.15, 0.2) is 0 Å². The maximum atomic E-state index is 13.1. The fraction of sp³-hybridized carbons (Fsp3) is 0.538. The lowest BCUT2D eigenvalue weighted by molar-refractivity contribution is 0.166. The highest BCUT2D eigenvalue weighted by atomic mass is 19.1. The summed E-state index contributed by atoms with van der Waals surface area (Å²) in [6.45, 7) is 6.65. The summed E-state index contributed by atoms with van der Waals surface area (Å²) in [6.07, 6.45) is 0. The van der Waals surface area contributed by atoms with Crippen molar-refractivity contribution in [2.45, 2.75) is 32.5 Å². The Morgan fingerprint density at radius 2 is 1.65 bits per heavy atom. The molecule has 1 aliphatic heterocycles. The van der Waals surface area contributed by atoms with Gasteiger partial charge in [-0.1, -0.05) is 0 Å². The molecule has 94 valence electrons. The predicted molar refractivity (Wildman–Crippen MR) is 63.7 cm³/mol. The van der Waals surface area contributed by atoms with Gasteiger partial charge in [-0.25, -0.2) is 8.78 Å². The Kier molecular flexibility index (Phi) is 3.74. The van der Waals surface area contributed by atoms with E-state index in [1.807, 2.05) is 0 Å². The van der Waals surface area contributed by atoms with E-state index in [1.165, 1.54) is 12.1 Å². The maximum absolute atomic E-state index is 13.1. The Bertz CT molecular complexity index is 365. The number of nitrogens with one attached hydrogen (secondary N) is 1. The lowest BCUT2D eigenvalue weighted by Crippen LogP contribution is -2.53. The van der Waals surface area contributed by atoms with Crippen LogP contribution in [0.3, 0.4) is 0 Å². The minimum atomic E-state index is -0.503.